The molecule has 0 unspecified atom stereocenters. The van der Waals surface area contributed by atoms with Gasteiger partial charge >= 0.3 is 0 Å². The summed E-state index contributed by atoms with van der Waals surface area (Å²) in [6.45, 7) is 2.59. The monoisotopic (exact) mass is 377 g/mol. The summed E-state index contributed by atoms with van der Waals surface area (Å²) in [5.41, 5.74) is 2.03. The maximum Gasteiger partial charge on any atom is 0.238 e. The van der Waals surface area contributed by atoms with E-state index in [1.54, 1.807) is 11.8 Å². The lowest BCUT2D eigenvalue weighted by Gasteiger charge is -2.24. The van der Waals surface area contributed by atoms with Crippen molar-refractivity contribution in [1.82, 2.24) is 0 Å². The number of carbonyl (C=O) groups excluding carboxylic acids is 1. The third kappa shape index (κ3) is 3.15. The topological polar surface area (TPSA) is 29.5 Å². The number of nitrogens with zero attached hydrogens (tertiary/aromatic N) is 1. The zero-order chi connectivity index (χ0) is 15.5. The molecule has 0 aromatic heterocycles. The largest absolute Gasteiger partial charge is 0.494 e. The van der Waals surface area contributed by atoms with Gasteiger partial charge in [0.05, 0.1) is 12.4 Å². The number of hydrogen-bond acceptors (Lipinski definition) is 3. The van der Waals surface area contributed by atoms with Gasteiger partial charge in [0, 0.05) is 10.2 Å². The predicted octanol–water partition coefficient (Wildman–Crippen LogP) is 4.63. The van der Waals surface area contributed by atoms with E-state index in [0.717, 1.165) is 21.5 Å². The molecule has 0 spiro atoms. The fourth-order valence-corrected chi connectivity index (χ4v) is 4.06. The number of hydrogen-bond donors (Lipinski definition) is 0. The maximum absolute atomic E-state index is 12.3. The van der Waals surface area contributed by atoms with Crippen LogP contribution in [0.25, 0.3) is 0 Å². The van der Waals surface area contributed by atoms with Crippen LogP contribution in [0.5, 0.6) is 5.75 Å². The lowest BCUT2D eigenvalue weighted by Crippen LogP contribution is -2.27. The van der Waals surface area contributed by atoms with Crippen molar-refractivity contribution in [1.29, 1.82) is 0 Å². The summed E-state index contributed by atoms with van der Waals surface area (Å²) in [5.74, 6) is 1.47. The Bertz CT molecular complexity index is 675. The molecular formula is C17H16BrNO2S. The highest BCUT2D eigenvalue weighted by atomic mass is 79.9. The molecule has 0 aliphatic carbocycles. The first-order valence-electron chi connectivity index (χ1n) is 7.11. The van der Waals surface area contributed by atoms with E-state index in [1.165, 1.54) is 0 Å². The van der Waals surface area contributed by atoms with Crippen molar-refractivity contribution in [2.75, 3.05) is 17.3 Å². The molecule has 1 atom stereocenters. The zero-order valence-corrected chi connectivity index (χ0v) is 14.6. The molecule has 1 saturated heterocycles. The van der Waals surface area contributed by atoms with Crippen LogP contribution in [0.3, 0.4) is 0 Å². The Kier molecular flexibility index (Phi) is 4.74. The van der Waals surface area contributed by atoms with Crippen LogP contribution >= 0.6 is 27.7 Å². The number of ether oxygens (including phenoxy) is 1. The van der Waals surface area contributed by atoms with Gasteiger partial charge in [-0.2, -0.15) is 0 Å². The average Bonchev–Trinajstić information content (AvgIpc) is 2.90. The van der Waals surface area contributed by atoms with Gasteiger partial charge in [-0.15, -0.1) is 11.8 Å². The molecule has 0 N–H and O–H groups in total. The van der Waals surface area contributed by atoms with Crippen LogP contribution in [0.2, 0.25) is 0 Å². The van der Waals surface area contributed by atoms with Gasteiger partial charge in [0.1, 0.15) is 11.1 Å². The second-order valence-corrected chi connectivity index (χ2v) is 6.89. The van der Waals surface area contributed by atoms with Crippen LogP contribution in [0.1, 0.15) is 17.9 Å². The molecule has 3 rings (SSSR count). The van der Waals surface area contributed by atoms with E-state index in [9.17, 15) is 4.79 Å². The first-order chi connectivity index (χ1) is 10.7. The first kappa shape index (κ1) is 15.4. The molecule has 0 radical (unpaired) electrons. The molecule has 1 amide bonds. The molecule has 5 heteroatoms. The third-order valence-electron chi connectivity index (χ3n) is 3.43. The summed E-state index contributed by atoms with van der Waals surface area (Å²) in [6.07, 6.45) is 0. The predicted molar refractivity (Wildman–Crippen MR) is 94.4 cm³/mol. The number of benzene rings is 2. The van der Waals surface area contributed by atoms with E-state index in [4.69, 9.17) is 4.74 Å². The number of amides is 1. The van der Waals surface area contributed by atoms with Gasteiger partial charge in [-0.3, -0.25) is 9.69 Å². The standard InChI is InChI=1S/C17H16BrNO2S/c1-2-21-15-8-6-14(7-9-15)19-16(20)11-22-17(19)12-4-3-5-13(18)10-12/h3-10,17H,2,11H2,1H3/t17-/m0/s1. The van der Waals surface area contributed by atoms with E-state index < -0.39 is 0 Å². The van der Waals surface area contributed by atoms with Crippen molar-refractivity contribution < 1.29 is 9.53 Å². The molecule has 2 aromatic carbocycles. The van der Waals surface area contributed by atoms with Crippen LogP contribution in [0.4, 0.5) is 5.69 Å². The lowest BCUT2D eigenvalue weighted by atomic mass is 10.2. The van der Waals surface area contributed by atoms with Crippen LogP contribution in [-0.2, 0) is 4.79 Å². The molecular weight excluding hydrogens is 362 g/mol. The van der Waals surface area contributed by atoms with Gasteiger partial charge in [0.2, 0.25) is 5.91 Å². The molecule has 1 aliphatic rings. The molecule has 22 heavy (non-hydrogen) atoms. The fourth-order valence-electron chi connectivity index (χ4n) is 2.48. The lowest BCUT2D eigenvalue weighted by molar-refractivity contribution is -0.115. The summed E-state index contributed by atoms with van der Waals surface area (Å²) in [7, 11) is 0. The van der Waals surface area contributed by atoms with E-state index >= 15 is 0 Å². The highest BCUT2D eigenvalue weighted by Crippen LogP contribution is 2.42. The summed E-state index contributed by atoms with van der Waals surface area (Å²) in [6, 6.07) is 15.8. The van der Waals surface area contributed by atoms with Gasteiger partial charge < -0.3 is 4.74 Å². The van der Waals surface area contributed by atoms with Gasteiger partial charge in [-0.25, -0.2) is 0 Å². The highest BCUT2D eigenvalue weighted by Gasteiger charge is 2.34. The first-order valence-corrected chi connectivity index (χ1v) is 8.95. The van der Waals surface area contributed by atoms with Crippen molar-refractivity contribution in [3.63, 3.8) is 0 Å². The SMILES string of the molecule is CCOc1ccc(N2C(=O)CS[C@H]2c2cccc(Br)c2)cc1. The number of anilines is 1. The second kappa shape index (κ2) is 6.75. The summed E-state index contributed by atoms with van der Waals surface area (Å²) in [4.78, 5) is 14.2. The van der Waals surface area contributed by atoms with Crippen LogP contribution in [0, 0.1) is 0 Å². The van der Waals surface area contributed by atoms with Gasteiger partial charge in [0.25, 0.3) is 0 Å². The van der Waals surface area contributed by atoms with Crippen molar-refractivity contribution in [3.05, 3.63) is 58.6 Å². The van der Waals surface area contributed by atoms with Gasteiger partial charge in [0.15, 0.2) is 0 Å². The summed E-state index contributed by atoms with van der Waals surface area (Å²) in [5, 5.41) is 0.0166. The van der Waals surface area contributed by atoms with E-state index in [-0.39, 0.29) is 11.3 Å². The Hall–Kier alpha value is -1.46. The van der Waals surface area contributed by atoms with Crippen molar-refractivity contribution >= 4 is 39.3 Å². The van der Waals surface area contributed by atoms with Crippen LogP contribution in [0.15, 0.2) is 53.0 Å². The van der Waals surface area contributed by atoms with E-state index in [1.807, 2.05) is 48.2 Å². The summed E-state index contributed by atoms with van der Waals surface area (Å²) >= 11 is 5.15. The quantitative estimate of drug-likeness (QED) is 0.777. The Balaban J connectivity index is 1.90. The van der Waals surface area contributed by atoms with Gasteiger partial charge in [-0.05, 0) is 48.9 Å². The molecule has 0 saturated carbocycles. The van der Waals surface area contributed by atoms with Crippen molar-refractivity contribution in [3.8, 4) is 5.75 Å². The zero-order valence-electron chi connectivity index (χ0n) is 12.2. The van der Waals surface area contributed by atoms with E-state index in [0.29, 0.717) is 12.4 Å². The molecule has 1 fully saturated rings. The molecule has 0 bridgehead atoms. The number of carbonyl (C=O) groups is 1. The minimum absolute atomic E-state index is 0.0166. The fraction of sp³-hybridized carbons (Fsp3) is 0.235. The van der Waals surface area contributed by atoms with Crippen LogP contribution < -0.4 is 9.64 Å². The van der Waals surface area contributed by atoms with Crippen molar-refractivity contribution in [2.24, 2.45) is 0 Å². The molecule has 1 heterocycles. The Morgan fingerprint density at radius 2 is 2.05 bits per heavy atom. The third-order valence-corrected chi connectivity index (χ3v) is 5.13. The summed E-state index contributed by atoms with van der Waals surface area (Å²) < 4.78 is 6.49. The highest BCUT2D eigenvalue weighted by molar-refractivity contribution is 9.10. The Labute approximate surface area is 142 Å². The average molecular weight is 378 g/mol. The minimum Gasteiger partial charge on any atom is -0.494 e. The molecule has 2 aromatic rings. The van der Waals surface area contributed by atoms with Crippen molar-refractivity contribution in [2.45, 2.75) is 12.3 Å². The Morgan fingerprint density at radius 3 is 2.73 bits per heavy atom. The molecule has 3 nitrogen and oxygen atoms in total. The van der Waals surface area contributed by atoms with E-state index in [2.05, 4.69) is 28.1 Å². The Morgan fingerprint density at radius 1 is 1.27 bits per heavy atom. The smallest absolute Gasteiger partial charge is 0.238 e. The van der Waals surface area contributed by atoms with Gasteiger partial charge in [-0.1, -0.05) is 28.1 Å². The number of rotatable bonds is 4. The maximum atomic E-state index is 12.3. The number of halogens is 1. The second-order valence-electron chi connectivity index (χ2n) is 4.91. The van der Waals surface area contributed by atoms with Crippen LogP contribution in [-0.4, -0.2) is 18.3 Å². The minimum atomic E-state index is 0.0166. The molecule has 1 aliphatic heterocycles. The molecule has 114 valence electrons. The number of thioether (sulfide) groups is 1. The normalized spacial score (nSPS) is 17.8.